The van der Waals surface area contributed by atoms with E-state index >= 15 is 0 Å². The summed E-state index contributed by atoms with van der Waals surface area (Å²) < 4.78 is 62.8. The van der Waals surface area contributed by atoms with Crippen LogP contribution in [0.4, 0.5) is 18.9 Å². The molecule has 0 unspecified atom stereocenters. The van der Waals surface area contributed by atoms with Crippen molar-refractivity contribution >= 4 is 15.7 Å². The second kappa shape index (κ2) is 7.30. The highest BCUT2D eigenvalue weighted by molar-refractivity contribution is 7.89. The van der Waals surface area contributed by atoms with Crippen LogP contribution in [0.1, 0.15) is 11.1 Å². The van der Waals surface area contributed by atoms with E-state index in [-0.39, 0.29) is 4.90 Å². The largest absolute Gasteiger partial charge is 0.416 e. The summed E-state index contributed by atoms with van der Waals surface area (Å²) in [4.78, 5) is 1.83. The number of terminal acetylenes is 1. The maximum absolute atomic E-state index is 12.6. The van der Waals surface area contributed by atoms with Crippen LogP contribution >= 0.6 is 0 Å². The highest BCUT2D eigenvalue weighted by Gasteiger charge is 2.30. The molecule has 0 spiro atoms. The lowest BCUT2D eigenvalue weighted by molar-refractivity contribution is -0.137. The molecular weight excluding hydrogens is 365 g/mol. The Hall–Kier alpha value is -2.66. The normalized spacial score (nSPS) is 11.7. The summed E-state index contributed by atoms with van der Waals surface area (Å²) in [5.74, 6) is 0. The second-order valence-corrected chi connectivity index (χ2v) is 7.62. The van der Waals surface area contributed by atoms with E-state index in [0.29, 0.717) is 12.2 Å². The number of anilines is 1. The summed E-state index contributed by atoms with van der Waals surface area (Å²) in [6, 6.07) is 13.0. The Labute approximate surface area is 150 Å². The van der Waals surface area contributed by atoms with Gasteiger partial charge in [0, 0.05) is 32.4 Å². The molecule has 0 atom stereocenters. The van der Waals surface area contributed by atoms with Gasteiger partial charge >= 0.3 is 6.18 Å². The molecule has 8 heteroatoms. The van der Waals surface area contributed by atoms with E-state index in [1.54, 1.807) is 24.1 Å². The van der Waals surface area contributed by atoms with Crippen LogP contribution in [-0.2, 0) is 22.7 Å². The summed E-state index contributed by atoms with van der Waals surface area (Å²) in [6.07, 6.45) is 0.742. The van der Waals surface area contributed by atoms with Gasteiger partial charge in [0.25, 0.3) is 10.0 Å². The van der Waals surface area contributed by atoms with E-state index in [1.807, 2.05) is 6.04 Å². The summed E-state index contributed by atoms with van der Waals surface area (Å²) in [5, 5.41) is 0. The molecule has 0 aromatic heterocycles. The zero-order valence-electron chi connectivity index (χ0n) is 14.2. The first-order valence-electron chi connectivity index (χ1n) is 7.48. The van der Waals surface area contributed by atoms with Gasteiger partial charge in [0.05, 0.1) is 10.5 Å². The predicted molar refractivity (Wildman–Crippen MR) is 93.8 cm³/mol. The molecule has 0 bridgehead atoms. The van der Waals surface area contributed by atoms with Crippen molar-refractivity contribution in [3.05, 3.63) is 59.7 Å². The number of hydrogen-bond donors (Lipinski definition) is 0. The summed E-state index contributed by atoms with van der Waals surface area (Å²) >= 11 is 0. The molecule has 2 aromatic rings. The number of rotatable bonds is 5. The number of alkyl halides is 3. The molecule has 0 aliphatic heterocycles. The van der Waals surface area contributed by atoms with Crippen molar-refractivity contribution in [2.24, 2.45) is 0 Å². The molecule has 0 saturated heterocycles. The Kier molecular flexibility index (Phi) is 5.52. The Balaban J connectivity index is 2.13. The van der Waals surface area contributed by atoms with Crippen LogP contribution in [0.2, 0.25) is 0 Å². The first-order valence-corrected chi connectivity index (χ1v) is 8.92. The Morgan fingerprint density at radius 3 is 2.00 bits per heavy atom. The van der Waals surface area contributed by atoms with Gasteiger partial charge in [0.15, 0.2) is 0 Å². The topological polar surface area (TPSA) is 40.6 Å². The van der Waals surface area contributed by atoms with Crippen LogP contribution in [0.15, 0.2) is 53.4 Å². The lowest BCUT2D eigenvalue weighted by Crippen LogP contribution is -2.22. The first kappa shape index (κ1) is 19.7. The lowest BCUT2D eigenvalue weighted by Gasteiger charge is -2.20. The van der Waals surface area contributed by atoms with Gasteiger partial charge in [-0.3, -0.25) is 0 Å². The van der Waals surface area contributed by atoms with Gasteiger partial charge in [-0.2, -0.15) is 13.2 Å². The van der Waals surface area contributed by atoms with Crippen molar-refractivity contribution in [1.29, 1.82) is 0 Å². The molecule has 0 saturated carbocycles. The fourth-order valence-electron chi connectivity index (χ4n) is 2.26. The predicted octanol–water partition coefficient (Wildman–Crippen LogP) is 3.55. The lowest BCUT2D eigenvalue weighted by atomic mass is 10.1. The van der Waals surface area contributed by atoms with Gasteiger partial charge in [-0.15, -0.1) is 0 Å². The smallest absolute Gasteiger partial charge is 0.370 e. The molecule has 4 nitrogen and oxygen atoms in total. The average Bonchev–Trinajstić information content (AvgIpc) is 2.60. The molecule has 2 rings (SSSR count). The quantitative estimate of drug-likeness (QED) is 0.587. The third kappa shape index (κ3) is 4.29. The number of sulfonamides is 1. The molecule has 0 aliphatic rings. The third-order valence-electron chi connectivity index (χ3n) is 3.82. The highest BCUT2D eigenvalue weighted by atomic mass is 32.2. The van der Waals surface area contributed by atoms with Crippen molar-refractivity contribution in [2.45, 2.75) is 17.6 Å². The van der Waals surface area contributed by atoms with E-state index in [1.165, 1.54) is 31.3 Å². The molecule has 0 N–H and O–H groups in total. The van der Waals surface area contributed by atoms with E-state index in [9.17, 15) is 21.6 Å². The van der Waals surface area contributed by atoms with Gasteiger partial charge in [-0.1, -0.05) is 18.6 Å². The van der Waals surface area contributed by atoms with E-state index in [4.69, 9.17) is 6.42 Å². The van der Waals surface area contributed by atoms with Crippen LogP contribution in [0.25, 0.3) is 0 Å². The molecule has 0 heterocycles. The molecule has 0 aliphatic carbocycles. The number of hydrogen-bond acceptors (Lipinski definition) is 3. The van der Waals surface area contributed by atoms with Crippen molar-refractivity contribution in [2.75, 3.05) is 19.0 Å². The monoisotopic (exact) mass is 382 g/mol. The van der Waals surface area contributed by atoms with E-state index in [2.05, 4.69) is 0 Å². The summed E-state index contributed by atoms with van der Waals surface area (Å²) in [5.41, 5.74) is 0.707. The number of benzene rings is 2. The Morgan fingerprint density at radius 1 is 1.00 bits per heavy atom. The molecule has 26 heavy (non-hydrogen) atoms. The van der Waals surface area contributed by atoms with Crippen LogP contribution in [0, 0.1) is 12.5 Å². The SMILES string of the molecule is C#CN(C)S(=O)(=O)c1ccc(CN(C)c2ccc(C(F)(F)F)cc2)cc1. The minimum absolute atomic E-state index is 0.0684. The van der Waals surface area contributed by atoms with Crippen LogP contribution in [0.3, 0.4) is 0 Å². The number of nitrogens with zero attached hydrogens (tertiary/aromatic N) is 2. The molecule has 138 valence electrons. The van der Waals surface area contributed by atoms with Gasteiger partial charge in [-0.25, -0.2) is 12.7 Å². The van der Waals surface area contributed by atoms with Gasteiger partial charge in [-0.05, 0) is 42.0 Å². The molecule has 0 radical (unpaired) electrons. The molecule has 2 aromatic carbocycles. The maximum Gasteiger partial charge on any atom is 0.416 e. The van der Waals surface area contributed by atoms with Crippen molar-refractivity contribution < 1.29 is 21.6 Å². The minimum atomic E-state index is -4.37. The van der Waals surface area contributed by atoms with E-state index < -0.39 is 21.8 Å². The fraction of sp³-hybridized carbons (Fsp3) is 0.222. The summed E-state index contributed by atoms with van der Waals surface area (Å²) in [6.45, 7) is 0.399. The Bertz CT molecular complexity index is 899. The summed E-state index contributed by atoms with van der Waals surface area (Å²) in [7, 11) is -0.713. The Morgan fingerprint density at radius 2 is 1.54 bits per heavy atom. The zero-order chi connectivity index (χ0) is 19.5. The number of halogens is 3. The van der Waals surface area contributed by atoms with Gasteiger partial charge < -0.3 is 4.90 Å². The molecular formula is C18H17F3N2O2S. The van der Waals surface area contributed by atoms with E-state index in [0.717, 1.165) is 22.0 Å². The maximum atomic E-state index is 12.6. The molecule has 0 amide bonds. The van der Waals surface area contributed by atoms with Crippen LogP contribution in [0.5, 0.6) is 0 Å². The zero-order valence-corrected chi connectivity index (χ0v) is 15.0. The van der Waals surface area contributed by atoms with Crippen molar-refractivity contribution in [1.82, 2.24) is 4.31 Å². The molecule has 0 fully saturated rings. The fourth-order valence-corrected chi connectivity index (χ4v) is 3.20. The van der Waals surface area contributed by atoms with Gasteiger partial charge in [0.1, 0.15) is 0 Å². The minimum Gasteiger partial charge on any atom is -0.370 e. The second-order valence-electron chi connectivity index (χ2n) is 5.65. The van der Waals surface area contributed by atoms with Crippen molar-refractivity contribution in [3.8, 4) is 12.5 Å². The van der Waals surface area contributed by atoms with Crippen LogP contribution in [-0.4, -0.2) is 26.8 Å². The highest BCUT2D eigenvalue weighted by Crippen LogP contribution is 2.30. The standard InChI is InChI=1S/C18H17F3N2O2S/c1-4-23(3)26(24,25)17-11-5-14(6-12-17)13-22(2)16-9-7-15(8-10-16)18(19,20)21/h1,5-12H,13H2,2-3H3. The van der Waals surface area contributed by atoms with Gasteiger partial charge in [0.2, 0.25) is 0 Å². The van der Waals surface area contributed by atoms with Crippen molar-refractivity contribution in [3.63, 3.8) is 0 Å². The average molecular weight is 382 g/mol. The first-order chi connectivity index (χ1) is 12.1. The third-order valence-corrected chi connectivity index (χ3v) is 5.51. The van der Waals surface area contributed by atoms with Crippen LogP contribution < -0.4 is 4.90 Å².